The van der Waals surface area contributed by atoms with Crippen LogP contribution in [0.25, 0.3) is 0 Å². The normalized spacial score (nSPS) is 13.8. The number of benzene rings is 3. The van der Waals surface area contributed by atoms with Crippen molar-refractivity contribution in [1.29, 1.82) is 0 Å². The van der Waals surface area contributed by atoms with E-state index < -0.39 is 0 Å². The minimum Gasteiger partial charge on any atom is -0.397 e. The first-order valence-corrected chi connectivity index (χ1v) is 12.0. The van der Waals surface area contributed by atoms with Gasteiger partial charge < -0.3 is 20.7 Å². The van der Waals surface area contributed by atoms with Gasteiger partial charge in [-0.25, -0.2) is 0 Å². The average molecular weight is 473 g/mol. The zero-order valence-electron chi connectivity index (χ0n) is 19.9. The van der Waals surface area contributed by atoms with Crippen molar-refractivity contribution in [1.82, 2.24) is 9.80 Å². The Morgan fingerprint density at radius 1 is 0.886 bits per heavy atom. The van der Waals surface area contributed by atoms with Crippen LogP contribution in [0.3, 0.4) is 0 Å². The first-order valence-electron chi connectivity index (χ1n) is 12.0. The van der Waals surface area contributed by atoms with Gasteiger partial charge in [0.2, 0.25) is 0 Å². The average Bonchev–Trinajstić information content (AvgIpc) is 2.90. The molecule has 3 N–H and O–H groups in total. The van der Waals surface area contributed by atoms with E-state index in [0.29, 0.717) is 35.6 Å². The number of carbonyl (C=O) groups is 2. The standard InChI is InChI=1S/C28H32N4O3/c29-25-9-4-5-10-26(25)30-27(33)23-11-13-24(14-12-23)28(34)32(21-22-7-2-1-3-8-22)16-6-15-31-17-19-35-20-18-31/h1-5,7-14H,6,15-21,29H2,(H,30,33). The van der Waals surface area contributed by atoms with Crippen LogP contribution in [0.1, 0.15) is 32.7 Å². The molecular formula is C28H32N4O3. The first kappa shape index (κ1) is 24.4. The summed E-state index contributed by atoms with van der Waals surface area (Å²) in [7, 11) is 0. The van der Waals surface area contributed by atoms with E-state index in [1.807, 2.05) is 47.4 Å². The number of carbonyl (C=O) groups excluding carboxylic acids is 2. The number of hydrogen-bond donors (Lipinski definition) is 2. The summed E-state index contributed by atoms with van der Waals surface area (Å²) in [6.45, 7) is 5.53. The molecular weight excluding hydrogens is 440 g/mol. The minimum atomic E-state index is -0.270. The van der Waals surface area contributed by atoms with E-state index in [0.717, 1.165) is 44.8 Å². The van der Waals surface area contributed by atoms with E-state index in [1.54, 1.807) is 36.4 Å². The van der Waals surface area contributed by atoms with Crippen molar-refractivity contribution >= 4 is 23.2 Å². The van der Waals surface area contributed by atoms with Crippen molar-refractivity contribution in [3.05, 3.63) is 95.6 Å². The SMILES string of the molecule is Nc1ccccc1NC(=O)c1ccc(C(=O)N(CCCN2CCOCC2)Cc2ccccc2)cc1. The fraction of sp³-hybridized carbons (Fsp3) is 0.286. The number of ether oxygens (including phenoxy) is 1. The molecule has 0 spiro atoms. The molecule has 4 rings (SSSR count). The Balaban J connectivity index is 1.42. The van der Waals surface area contributed by atoms with E-state index in [2.05, 4.69) is 10.2 Å². The van der Waals surface area contributed by atoms with Crippen LogP contribution in [0.5, 0.6) is 0 Å². The summed E-state index contributed by atoms with van der Waals surface area (Å²) in [5.41, 5.74) is 9.09. The van der Waals surface area contributed by atoms with E-state index in [4.69, 9.17) is 10.5 Å². The number of nitrogens with zero attached hydrogens (tertiary/aromatic N) is 2. The molecule has 3 aromatic carbocycles. The van der Waals surface area contributed by atoms with Crippen LogP contribution in [0.15, 0.2) is 78.9 Å². The topological polar surface area (TPSA) is 87.9 Å². The second kappa shape index (κ2) is 12.1. The molecule has 0 unspecified atom stereocenters. The van der Waals surface area contributed by atoms with Crippen molar-refractivity contribution in [3.63, 3.8) is 0 Å². The van der Waals surface area contributed by atoms with Gasteiger partial charge in [-0.15, -0.1) is 0 Å². The minimum absolute atomic E-state index is 0.0462. The number of morpholine rings is 1. The molecule has 0 saturated carbocycles. The van der Waals surface area contributed by atoms with Crippen LogP contribution < -0.4 is 11.1 Å². The van der Waals surface area contributed by atoms with Crippen LogP contribution in [0, 0.1) is 0 Å². The lowest BCUT2D eigenvalue weighted by Gasteiger charge is -2.28. The molecule has 7 nitrogen and oxygen atoms in total. The Hall–Kier alpha value is -3.68. The smallest absolute Gasteiger partial charge is 0.255 e. The van der Waals surface area contributed by atoms with Crippen LogP contribution in [0.2, 0.25) is 0 Å². The Kier molecular flexibility index (Phi) is 8.48. The Labute approximate surface area is 206 Å². The highest BCUT2D eigenvalue weighted by Crippen LogP contribution is 2.18. The molecule has 3 aromatic rings. The molecule has 0 radical (unpaired) electrons. The molecule has 1 heterocycles. The quantitative estimate of drug-likeness (QED) is 0.462. The number of rotatable bonds is 9. The zero-order valence-corrected chi connectivity index (χ0v) is 19.9. The molecule has 2 amide bonds. The molecule has 0 atom stereocenters. The van der Waals surface area contributed by atoms with E-state index in [1.165, 1.54) is 0 Å². The number of anilines is 2. The van der Waals surface area contributed by atoms with Crippen LogP contribution in [0.4, 0.5) is 11.4 Å². The van der Waals surface area contributed by atoms with Gasteiger partial charge in [0, 0.05) is 43.9 Å². The molecule has 0 aliphatic carbocycles. The largest absolute Gasteiger partial charge is 0.397 e. The van der Waals surface area contributed by atoms with Crippen molar-refractivity contribution < 1.29 is 14.3 Å². The molecule has 7 heteroatoms. The maximum atomic E-state index is 13.4. The third-order valence-corrected chi connectivity index (χ3v) is 6.11. The maximum absolute atomic E-state index is 13.4. The number of para-hydroxylation sites is 2. The highest BCUT2D eigenvalue weighted by atomic mass is 16.5. The van der Waals surface area contributed by atoms with Gasteiger partial charge in [0.05, 0.1) is 24.6 Å². The molecule has 35 heavy (non-hydrogen) atoms. The fourth-order valence-corrected chi connectivity index (χ4v) is 4.12. The lowest BCUT2D eigenvalue weighted by Crippen LogP contribution is -2.39. The summed E-state index contributed by atoms with van der Waals surface area (Å²) in [5.74, 6) is -0.316. The van der Waals surface area contributed by atoms with Gasteiger partial charge in [-0.2, -0.15) is 0 Å². The number of hydrogen-bond acceptors (Lipinski definition) is 5. The van der Waals surface area contributed by atoms with Crippen molar-refractivity contribution in [2.24, 2.45) is 0 Å². The first-order chi connectivity index (χ1) is 17.1. The highest BCUT2D eigenvalue weighted by molar-refractivity contribution is 6.06. The number of nitrogens with two attached hydrogens (primary N) is 1. The number of amides is 2. The van der Waals surface area contributed by atoms with E-state index in [9.17, 15) is 9.59 Å². The summed E-state index contributed by atoms with van der Waals surface area (Å²) >= 11 is 0. The third kappa shape index (κ3) is 6.91. The Morgan fingerprint density at radius 2 is 1.54 bits per heavy atom. The van der Waals surface area contributed by atoms with Gasteiger partial charge in [0.25, 0.3) is 11.8 Å². The number of nitrogen functional groups attached to an aromatic ring is 1. The summed E-state index contributed by atoms with van der Waals surface area (Å²) in [5, 5.41) is 2.82. The Bertz CT molecular complexity index is 1110. The monoisotopic (exact) mass is 472 g/mol. The fourth-order valence-electron chi connectivity index (χ4n) is 4.12. The summed E-state index contributed by atoms with van der Waals surface area (Å²) in [6, 6.07) is 23.9. The van der Waals surface area contributed by atoms with Gasteiger partial charge in [-0.3, -0.25) is 14.5 Å². The number of nitrogens with one attached hydrogen (secondary N) is 1. The van der Waals surface area contributed by atoms with Gasteiger partial charge in [0.15, 0.2) is 0 Å². The lowest BCUT2D eigenvalue weighted by atomic mass is 10.1. The predicted molar refractivity (Wildman–Crippen MR) is 138 cm³/mol. The second-order valence-electron chi connectivity index (χ2n) is 8.64. The second-order valence-corrected chi connectivity index (χ2v) is 8.64. The van der Waals surface area contributed by atoms with E-state index >= 15 is 0 Å². The Morgan fingerprint density at radius 3 is 2.26 bits per heavy atom. The van der Waals surface area contributed by atoms with Crippen LogP contribution >= 0.6 is 0 Å². The highest BCUT2D eigenvalue weighted by Gasteiger charge is 2.18. The predicted octanol–water partition coefficient (Wildman–Crippen LogP) is 3.89. The zero-order chi connectivity index (χ0) is 24.5. The molecule has 1 fully saturated rings. The summed E-state index contributed by atoms with van der Waals surface area (Å²) < 4.78 is 5.43. The molecule has 1 aliphatic rings. The molecule has 0 bridgehead atoms. The third-order valence-electron chi connectivity index (χ3n) is 6.11. The summed E-state index contributed by atoms with van der Waals surface area (Å²) in [4.78, 5) is 30.3. The summed E-state index contributed by atoms with van der Waals surface area (Å²) in [6.07, 6.45) is 0.886. The molecule has 182 valence electrons. The van der Waals surface area contributed by atoms with E-state index in [-0.39, 0.29) is 11.8 Å². The van der Waals surface area contributed by atoms with Gasteiger partial charge >= 0.3 is 0 Å². The van der Waals surface area contributed by atoms with Crippen LogP contribution in [-0.4, -0.2) is 61.0 Å². The maximum Gasteiger partial charge on any atom is 0.255 e. The van der Waals surface area contributed by atoms with Crippen molar-refractivity contribution in [3.8, 4) is 0 Å². The van der Waals surface area contributed by atoms with Gasteiger partial charge in [0.1, 0.15) is 0 Å². The van der Waals surface area contributed by atoms with Crippen molar-refractivity contribution in [2.75, 3.05) is 50.4 Å². The van der Waals surface area contributed by atoms with Gasteiger partial charge in [-0.05, 0) is 48.4 Å². The molecule has 0 aromatic heterocycles. The molecule has 1 aliphatic heterocycles. The van der Waals surface area contributed by atoms with Crippen LogP contribution in [-0.2, 0) is 11.3 Å². The van der Waals surface area contributed by atoms with Gasteiger partial charge in [-0.1, -0.05) is 42.5 Å². The lowest BCUT2D eigenvalue weighted by molar-refractivity contribution is 0.0355. The van der Waals surface area contributed by atoms with Crippen molar-refractivity contribution in [2.45, 2.75) is 13.0 Å². The molecule has 1 saturated heterocycles.